The Balaban J connectivity index is 1.51. The van der Waals surface area contributed by atoms with E-state index in [0.29, 0.717) is 5.92 Å². The first-order valence-corrected chi connectivity index (χ1v) is 9.66. The summed E-state index contributed by atoms with van der Waals surface area (Å²) in [5.74, 6) is 0.595. The third kappa shape index (κ3) is 5.17. The van der Waals surface area contributed by atoms with E-state index in [9.17, 15) is 0 Å². The Hall–Kier alpha value is -2.15. The monoisotopic (exact) mass is 347 g/mol. The molecule has 0 unspecified atom stereocenters. The van der Waals surface area contributed by atoms with Crippen molar-refractivity contribution in [2.75, 3.05) is 26.2 Å². The van der Waals surface area contributed by atoms with Crippen LogP contribution >= 0.6 is 0 Å². The number of rotatable bonds is 5. The van der Waals surface area contributed by atoms with Gasteiger partial charge in [0.05, 0.1) is 11.6 Å². The summed E-state index contributed by atoms with van der Waals surface area (Å²) in [6, 6.07) is 19.3. The topological polar surface area (TPSA) is 30.3 Å². The van der Waals surface area contributed by atoms with Crippen LogP contribution in [0.2, 0.25) is 0 Å². The van der Waals surface area contributed by atoms with Crippen molar-refractivity contribution in [3.63, 3.8) is 0 Å². The molecule has 0 N–H and O–H groups in total. The van der Waals surface area contributed by atoms with Gasteiger partial charge in [0.1, 0.15) is 0 Å². The van der Waals surface area contributed by atoms with Gasteiger partial charge in [0, 0.05) is 26.2 Å². The highest BCUT2D eigenvalue weighted by Crippen LogP contribution is 2.17. The van der Waals surface area contributed by atoms with E-state index in [0.717, 1.165) is 44.8 Å². The summed E-state index contributed by atoms with van der Waals surface area (Å²) in [6.07, 6.45) is 1.21. The van der Waals surface area contributed by atoms with E-state index < -0.39 is 0 Å². The molecule has 0 amide bonds. The molecule has 1 saturated heterocycles. The maximum atomic E-state index is 8.91. The van der Waals surface area contributed by atoms with E-state index in [1.165, 1.54) is 23.1 Å². The summed E-state index contributed by atoms with van der Waals surface area (Å²) >= 11 is 0. The largest absolute Gasteiger partial charge is 0.298 e. The fourth-order valence-electron chi connectivity index (χ4n) is 3.55. The number of nitriles is 1. The van der Waals surface area contributed by atoms with Gasteiger partial charge in [-0.15, -0.1) is 0 Å². The summed E-state index contributed by atoms with van der Waals surface area (Å²) in [4.78, 5) is 5.10. The SMILES string of the molecule is CC(C)c1ccc(CN2CCCN(Cc3ccc(C#N)cc3)CC2)cc1. The molecule has 1 fully saturated rings. The fourth-order valence-corrected chi connectivity index (χ4v) is 3.55. The molecule has 2 aromatic carbocycles. The highest BCUT2D eigenvalue weighted by molar-refractivity contribution is 5.31. The molecule has 0 spiro atoms. The summed E-state index contributed by atoms with van der Waals surface area (Å²) in [5, 5.41) is 8.91. The molecule has 0 aliphatic carbocycles. The smallest absolute Gasteiger partial charge is 0.0991 e. The normalized spacial score (nSPS) is 16.4. The quantitative estimate of drug-likeness (QED) is 0.803. The van der Waals surface area contributed by atoms with Crippen molar-refractivity contribution in [1.29, 1.82) is 5.26 Å². The standard InChI is InChI=1S/C23H29N3/c1-19(2)23-10-8-22(9-11-23)18-26-13-3-12-25(14-15-26)17-21-6-4-20(16-24)5-7-21/h4-11,19H,3,12-15,17-18H2,1-2H3. The number of hydrogen-bond acceptors (Lipinski definition) is 3. The lowest BCUT2D eigenvalue weighted by Gasteiger charge is -2.22. The van der Waals surface area contributed by atoms with Crippen molar-refractivity contribution in [2.24, 2.45) is 0 Å². The van der Waals surface area contributed by atoms with E-state index in [4.69, 9.17) is 5.26 Å². The first-order valence-electron chi connectivity index (χ1n) is 9.66. The van der Waals surface area contributed by atoms with Crippen LogP contribution in [0.5, 0.6) is 0 Å². The molecular formula is C23H29N3. The van der Waals surface area contributed by atoms with Gasteiger partial charge >= 0.3 is 0 Å². The van der Waals surface area contributed by atoms with Crippen LogP contribution in [0.1, 0.15) is 48.4 Å². The zero-order valence-corrected chi connectivity index (χ0v) is 16.0. The van der Waals surface area contributed by atoms with Crippen LogP contribution in [0.25, 0.3) is 0 Å². The highest BCUT2D eigenvalue weighted by atomic mass is 15.2. The summed E-state index contributed by atoms with van der Waals surface area (Å²) in [6.45, 7) is 11.0. The van der Waals surface area contributed by atoms with Gasteiger partial charge in [0.15, 0.2) is 0 Å². The van der Waals surface area contributed by atoms with Gasteiger partial charge in [-0.2, -0.15) is 5.26 Å². The third-order valence-corrected chi connectivity index (χ3v) is 5.22. The van der Waals surface area contributed by atoms with E-state index in [1.54, 1.807) is 0 Å². The minimum absolute atomic E-state index is 0.595. The van der Waals surface area contributed by atoms with Gasteiger partial charge in [-0.05, 0) is 54.3 Å². The molecule has 1 aliphatic heterocycles. The Labute approximate surface area is 157 Å². The molecule has 3 heteroatoms. The Kier molecular flexibility index (Phi) is 6.44. The molecule has 0 aromatic heterocycles. The van der Waals surface area contributed by atoms with Crippen molar-refractivity contribution < 1.29 is 0 Å². The van der Waals surface area contributed by atoms with E-state index in [2.05, 4.69) is 66.1 Å². The lowest BCUT2D eigenvalue weighted by atomic mass is 10.0. The van der Waals surface area contributed by atoms with Crippen molar-refractivity contribution in [1.82, 2.24) is 9.80 Å². The van der Waals surface area contributed by atoms with Crippen LogP contribution in [-0.4, -0.2) is 36.0 Å². The first-order chi connectivity index (χ1) is 12.6. The van der Waals surface area contributed by atoms with Crippen LogP contribution in [0, 0.1) is 11.3 Å². The lowest BCUT2D eigenvalue weighted by Crippen LogP contribution is -2.30. The Morgan fingerprint density at radius 1 is 0.808 bits per heavy atom. The molecule has 136 valence electrons. The predicted molar refractivity (Wildman–Crippen MR) is 107 cm³/mol. The summed E-state index contributed by atoms with van der Waals surface area (Å²) in [7, 11) is 0. The molecule has 0 atom stereocenters. The van der Waals surface area contributed by atoms with Crippen LogP contribution in [-0.2, 0) is 13.1 Å². The molecule has 0 bridgehead atoms. The fraction of sp³-hybridized carbons (Fsp3) is 0.435. The van der Waals surface area contributed by atoms with Crippen LogP contribution < -0.4 is 0 Å². The van der Waals surface area contributed by atoms with E-state index in [1.807, 2.05) is 12.1 Å². The predicted octanol–water partition coefficient (Wildman–Crippen LogP) is 4.39. The minimum Gasteiger partial charge on any atom is -0.298 e. The molecule has 0 radical (unpaired) electrons. The summed E-state index contributed by atoms with van der Waals surface area (Å²) in [5.41, 5.74) is 4.86. The second kappa shape index (κ2) is 8.98. The molecule has 3 nitrogen and oxygen atoms in total. The molecule has 2 aromatic rings. The third-order valence-electron chi connectivity index (χ3n) is 5.22. The van der Waals surface area contributed by atoms with E-state index in [-0.39, 0.29) is 0 Å². The molecular weight excluding hydrogens is 318 g/mol. The van der Waals surface area contributed by atoms with Gasteiger partial charge in [-0.1, -0.05) is 50.2 Å². The molecule has 3 rings (SSSR count). The second-order valence-corrected chi connectivity index (χ2v) is 7.61. The molecule has 26 heavy (non-hydrogen) atoms. The van der Waals surface area contributed by atoms with E-state index >= 15 is 0 Å². The van der Waals surface area contributed by atoms with Gasteiger partial charge < -0.3 is 0 Å². The molecule has 0 saturated carbocycles. The maximum Gasteiger partial charge on any atom is 0.0991 e. The zero-order valence-electron chi connectivity index (χ0n) is 16.0. The average Bonchev–Trinajstić information content (AvgIpc) is 2.88. The Morgan fingerprint density at radius 3 is 1.77 bits per heavy atom. The Bertz CT molecular complexity index is 726. The molecule has 1 heterocycles. The van der Waals surface area contributed by atoms with Crippen molar-refractivity contribution in [3.8, 4) is 6.07 Å². The maximum absolute atomic E-state index is 8.91. The van der Waals surface area contributed by atoms with Crippen LogP contribution in [0.3, 0.4) is 0 Å². The first kappa shape index (κ1) is 18.6. The number of benzene rings is 2. The Morgan fingerprint density at radius 2 is 1.31 bits per heavy atom. The lowest BCUT2D eigenvalue weighted by molar-refractivity contribution is 0.247. The minimum atomic E-state index is 0.595. The second-order valence-electron chi connectivity index (χ2n) is 7.61. The summed E-state index contributed by atoms with van der Waals surface area (Å²) < 4.78 is 0. The van der Waals surface area contributed by atoms with Crippen LogP contribution in [0.4, 0.5) is 0 Å². The van der Waals surface area contributed by atoms with Crippen molar-refractivity contribution in [2.45, 2.75) is 39.3 Å². The van der Waals surface area contributed by atoms with Crippen molar-refractivity contribution in [3.05, 3.63) is 70.8 Å². The van der Waals surface area contributed by atoms with Crippen molar-refractivity contribution >= 4 is 0 Å². The van der Waals surface area contributed by atoms with Gasteiger partial charge in [-0.3, -0.25) is 9.80 Å². The van der Waals surface area contributed by atoms with Crippen LogP contribution in [0.15, 0.2) is 48.5 Å². The molecule has 1 aliphatic rings. The highest BCUT2D eigenvalue weighted by Gasteiger charge is 2.15. The number of nitrogens with zero attached hydrogens (tertiary/aromatic N) is 3. The zero-order chi connectivity index (χ0) is 18.4. The average molecular weight is 348 g/mol. The number of hydrogen-bond donors (Lipinski definition) is 0. The van der Waals surface area contributed by atoms with Gasteiger partial charge in [0.25, 0.3) is 0 Å². The van der Waals surface area contributed by atoms with Gasteiger partial charge in [-0.25, -0.2) is 0 Å². The van der Waals surface area contributed by atoms with Gasteiger partial charge in [0.2, 0.25) is 0 Å².